The summed E-state index contributed by atoms with van der Waals surface area (Å²) in [4.78, 5) is 16.8. The summed E-state index contributed by atoms with van der Waals surface area (Å²) >= 11 is 3.38. The third kappa shape index (κ3) is 6.17. The first-order chi connectivity index (χ1) is 14.3. The molecule has 30 heavy (non-hydrogen) atoms. The Kier molecular flexibility index (Phi) is 7.69. The van der Waals surface area contributed by atoms with E-state index in [0.29, 0.717) is 23.2 Å². The molecule has 1 aliphatic heterocycles. The molecule has 0 spiro atoms. The summed E-state index contributed by atoms with van der Waals surface area (Å²) in [5.41, 5.74) is 1.64. The molecular weight excluding hydrogens is 466 g/mol. The van der Waals surface area contributed by atoms with Gasteiger partial charge >= 0.3 is 0 Å². The van der Waals surface area contributed by atoms with Crippen molar-refractivity contribution >= 4 is 43.6 Å². The highest BCUT2D eigenvalue weighted by atomic mass is 79.9. The second kappa shape index (κ2) is 10.2. The van der Waals surface area contributed by atoms with E-state index in [2.05, 4.69) is 45.1 Å². The van der Waals surface area contributed by atoms with Crippen molar-refractivity contribution in [3.8, 4) is 0 Å². The number of nitrogens with zero attached hydrogens (tertiary/aromatic N) is 3. The van der Waals surface area contributed by atoms with Crippen LogP contribution in [-0.2, 0) is 14.8 Å². The molecule has 0 unspecified atom stereocenters. The van der Waals surface area contributed by atoms with Crippen LogP contribution in [0.25, 0.3) is 6.08 Å². The fourth-order valence-electron chi connectivity index (χ4n) is 3.34. The zero-order valence-corrected chi connectivity index (χ0v) is 19.3. The van der Waals surface area contributed by atoms with Gasteiger partial charge in [-0.2, -0.15) is 0 Å². The highest BCUT2D eigenvalue weighted by Gasteiger charge is 2.27. The molecule has 0 radical (unpaired) electrons. The molecule has 3 rings (SSSR count). The normalized spacial score (nSPS) is 15.5. The van der Waals surface area contributed by atoms with Crippen molar-refractivity contribution in [3.05, 3.63) is 70.7 Å². The van der Waals surface area contributed by atoms with Gasteiger partial charge in [-0.15, -0.1) is 0 Å². The molecule has 1 heterocycles. The van der Waals surface area contributed by atoms with Crippen molar-refractivity contribution in [3.63, 3.8) is 0 Å². The minimum atomic E-state index is -3.59. The van der Waals surface area contributed by atoms with Crippen molar-refractivity contribution in [2.24, 2.45) is 0 Å². The number of para-hydroxylation sites is 1. The molecule has 2 aromatic rings. The number of hydrogen-bond donors (Lipinski definition) is 0. The SMILES string of the molecule is CS(=O)(=O)N(CC(=O)N1CCN(C/C=C/c2ccccc2)CC1)c1ccccc1Br. The lowest BCUT2D eigenvalue weighted by atomic mass is 10.2. The summed E-state index contributed by atoms with van der Waals surface area (Å²) in [5, 5.41) is 0. The van der Waals surface area contributed by atoms with Crippen LogP contribution < -0.4 is 4.31 Å². The Labute approximate surface area is 187 Å². The second-order valence-electron chi connectivity index (χ2n) is 7.22. The number of piperazine rings is 1. The van der Waals surface area contributed by atoms with Crippen molar-refractivity contribution in [1.29, 1.82) is 0 Å². The predicted molar refractivity (Wildman–Crippen MR) is 125 cm³/mol. The van der Waals surface area contributed by atoms with E-state index in [1.54, 1.807) is 29.2 Å². The van der Waals surface area contributed by atoms with E-state index >= 15 is 0 Å². The number of amides is 1. The van der Waals surface area contributed by atoms with E-state index < -0.39 is 10.0 Å². The monoisotopic (exact) mass is 491 g/mol. The first kappa shape index (κ1) is 22.5. The Balaban J connectivity index is 1.55. The van der Waals surface area contributed by atoms with Crippen LogP contribution in [0.1, 0.15) is 5.56 Å². The van der Waals surface area contributed by atoms with Crippen molar-refractivity contribution in [2.75, 3.05) is 49.8 Å². The molecule has 0 bridgehead atoms. The average Bonchev–Trinajstić information content (AvgIpc) is 2.73. The first-order valence-corrected chi connectivity index (χ1v) is 12.4. The molecule has 1 saturated heterocycles. The Bertz CT molecular complexity index is 988. The summed E-state index contributed by atoms with van der Waals surface area (Å²) < 4.78 is 26.4. The van der Waals surface area contributed by atoms with Crippen LogP contribution >= 0.6 is 15.9 Å². The van der Waals surface area contributed by atoms with Crippen LogP contribution in [0.5, 0.6) is 0 Å². The third-order valence-corrected chi connectivity index (χ3v) is 6.80. The number of anilines is 1. The lowest BCUT2D eigenvalue weighted by molar-refractivity contribution is -0.131. The van der Waals surface area contributed by atoms with Crippen molar-refractivity contribution in [1.82, 2.24) is 9.80 Å². The van der Waals surface area contributed by atoms with Crippen LogP contribution in [0.2, 0.25) is 0 Å². The van der Waals surface area contributed by atoms with Crippen LogP contribution in [-0.4, -0.2) is 69.6 Å². The van der Waals surface area contributed by atoms with Crippen molar-refractivity contribution in [2.45, 2.75) is 0 Å². The number of rotatable bonds is 7. The predicted octanol–water partition coefficient (Wildman–Crippen LogP) is 3.07. The second-order valence-corrected chi connectivity index (χ2v) is 9.98. The summed E-state index contributed by atoms with van der Waals surface area (Å²) in [6.07, 6.45) is 5.35. The van der Waals surface area contributed by atoms with Crippen LogP contribution in [0.3, 0.4) is 0 Å². The highest BCUT2D eigenvalue weighted by Crippen LogP contribution is 2.27. The van der Waals surface area contributed by atoms with Gasteiger partial charge in [-0.1, -0.05) is 54.6 Å². The van der Waals surface area contributed by atoms with Gasteiger partial charge in [0.05, 0.1) is 11.9 Å². The van der Waals surface area contributed by atoms with E-state index in [9.17, 15) is 13.2 Å². The number of halogens is 1. The molecular formula is C22H26BrN3O3S. The molecule has 0 N–H and O–H groups in total. The van der Waals surface area contributed by atoms with E-state index in [-0.39, 0.29) is 12.5 Å². The van der Waals surface area contributed by atoms with Gasteiger partial charge in [-0.3, -0.25) is 14.0 Å². The molecule has 0 atom stereocenters. The molecule has 0 aromatic heterocycles. The van der Waals surface area contributed by atoms with E-state index in [4.69, 9.17) is 0 Å². The van der Waals surface area contributed by atoms with Gasteiger partial charge in [0, 0.05) is 37.2 Å². The topological polar surface area (TPSA) is 60.9 Å². The quantitative estimate of drug-likeness (QED) is 0.596. The smallest absolute Gasteiger partial charge is 0.243 e. The number of sulfonamides is 1. The van der Waals surface area contributed by atoms with Gasteiger partial charge in [-0.25, -0.2) is 8.42 Å². The molecule has 160 valence electrons. The van der Waals surface area contributed by atoms with Crippen LogP contribution in [0.4, 0.5) is 5.69 Å². The summed E-state index contributed by atoms with van der Waals surface area (Å²) in [5.74, 6) is -0.185. The average molecular weight is 492 g/mol. The maximum Gasteiger partial charge on any atom is 0.243 e. The van der Waals surface area contributed by atoms with E-state index in [1.807, 2.05) is 18.2 Å². The highest BCUT2D eigenvalue weighted by molar-refractivity contribution is 9.10. The zero-order chi connectivity index (χ0) is 21.6. The minimum Gasteiger partial charge on any atom is -0.339 e. The molecule has 1 fully saturated rings. The van der Waals surface area contributed by atoms with Crippen LogP contribution in [0, 0.1) is 0 Å². The van der Waals surface area contributed by atoms with Gasteiger partial charge in [0.1, 0.15) is 6.54 Å². The number of carbonyl (C=O) groups is 1. The Morgan fingerprint density at radius 3 is 2.30 bits per heavy atom. The Hall–Kier alpha value is -2.16. The van der Waals surface area contributed by atoms with Crippen molar-refractivity contribution < 1.29 is 13.2 Å². The van der Waals surface area contributed by atoms with Gasteiger partial charge in [0.2, 0.25) is 15.9 Å². The Morgan fingerprint density at radius 1 is 1.03 bits per heavy atom. The molecule has 6 nitrogen and oxygen atoms in total. The molecule has 1 amide bonds. The summed E-state index contributed by atoms with van der Waals surface area (Å²) in [6.45, 7) is 3.33. The molecule has 0 aliphatic carbocycles. The fourth-order valence-corrected chi connectivity index (χ4v) is 4.82. The lowest BCUT2D eigenvalue weighted by Gasteiger charge is -2.35. The van der Waals surface area contributed by atoms with Crippen LogP contribution in [0.15, 0.2) is 65.1 Å². The molecule has 0 saturated carbocycles. The number of carbonyl (C=O) groups excluding carboxylic acids is 1. The minimum absolute atomic E-state index is 0.185. The summed E-state index contributed by atoms with van der Waals surface area (Å²) in [6, 6.07) is 17.2. The lowest BCUT2D eigenvalue weighted by Crippen LogP contribution is -2.51. The maximum absolute atomic E-state index is 12.8. The first-order valence-electron chi connectivity index (χ1n) is 9.78. The van der Waals surface area contributed by atoms with E-state index in [0.717, 1.165) is 30.2 Å². The molecule has 1 aliphatic rings. The van der Waals surface area contributed by atoms with Gasteiger partial charge < -0.3 is 4.90 Å². The third-order valence-electron chi connectivity index (χ3n) is 5.00. The fraction of sp³-hybridized carbons (Fsp3) is 0.318. The van der Waals surface area contributed by atoms with Gasteiger partial charge in [-0.05, 0) is 33.6 Å². The molecule has 8 heteroatoms. The number of benzene rings is 2. The largest absolute Gasteiger partial charge is 0.339 e. The maximum atomic E-state index is 12.8. The van der Waals surface area contributed by atoms with Gasteiger partial charge in [0.15, 0.2) is 0 Å². The zero-order valence-electron chi connectivity index (χ0n) is 16.9. The Morgan fingerprint density at radius 2 is 1.67 bits per heavy atom. The van der Waals surface area contributed by atoms with E-state index in [1.165, 1.54) is 5.56 Å². The molecule has 2 aromatic carbocycles. The summed E-state index contributed by atoms with van der Waals surface area (Å²) in [7, 11) is -3.59. The standard InChI is InChI=1S/C22H26BrN3O3S/c1-30(28,29)26(21-12-6-5-11-20(21)23)18-22(27)25-16-14-24(15-17-25)13-7-10-19-8-3-2-4-9-19/h2-12H,13-18H2,1H3/b10-7+. The van der Waals surface area contributed by atoms with Gasteiger partial charge in [0.25, 0.3) is 0 Å². The number of hydrogen-bond acceptors (Lipinski definition) is 4.